The highest BCUT2D eigenvalue weighted by molar-refractivity contribution is 5.86. The van der Waals surface area contributed by atoms with Crippen LogP contribution in [-0.4, -0.2) is 6.29 Å². The van der Waals surface area contributed by atoms with E-state index >= 15 is 0 Å². The molecule has 0 saturated carbocycles. The van der Waals surface area contributed by atoms with E-state index in [0.717, 1.165) is 30.4 Å². The summed E-state index contributed by atoms with van der Waals surface area (Å²) < 4.78 is 0. The molecule has 2 aromatic carbocycles. The Balaban J connectivity index is 1.98. The van der Waals surface area contributed by atoms with Crippen molar-refractivity contribution in [2.75, 3.05) is 5.32 Å². The molecule has 2 nitrogen and oxygen atoms in total. The highest BCUT2D eigenvalue weighted by atomic mass is 16.1. The second-order valence-corrected chi connectivity index (χ2v) is 5.09. The lowest BCUT2D eigenvalue weighted by atomic mass is 9.90. The molecule has 96 valence electrons. The van der Waals surface area contributed by atoms with E-state index in [-0.39, 0.29) is 0 Å². The number of hydrogen-bond acceptors (Lipinski definition) is 2. The fourth-order valence-electron chi connectivity index (χ4n) is 2.86. The molecule has 1 aliphatic rings. The third kappa shape index (κ3) is 2.14. The van der Waals surface area contributed by atoms with Gasteiger partial charge in [0.15, 0.2) is 6.29 Å². The number of hydrogen-bond donors (Lipinski definition) is 1. The molecular formula is C17H17NO. The first-order valence-corrected chi connectivity index (χ1v) is 6.68. The fourth-order valence-corrected chi connectivity index (χ4v) is 2.86. The minimum Gasteiger partial charge on any atom is -0.377 e. The van der Waals surface area contributed by atoms with Crippen molar-refractivity contribution in [3.63, 3.8) is 0 Å². The molecule has 0 spiro atoms. The van der Waals surface area contributed by atoms with E-state index in [1.165, 1.54) is 16.7 Å². The predicted molar refractivity (Wildman–Crippen MR) is 77.7 cm³/mol. The molecule has 2 heteroatoms. The Hall–Kier alpha value is -2.09. The monoisotopic (exact) mass is 251 g/mol. The van der Waals surface area contributed by atoms with Gasteiger partial charge in [0.1, 0.15) is 0 Å². The van der Waals surface area contributed by atoms with Crippen molar-refractivity contribution >= 4 is 12.0 Å². The van der Waals surface area contributed by atoms with Crippen LogP contribution < -0.4 is 5.32 Å². The van der Waals surface area contributed by atoms with Crippen LogP contribution >= 0.6 is 0 Å². The molecule has 1 aliphatic heterocycles. The van der Waals surface area contributed by atoms with Gasteiger partial charge in [-0.3, -0.25) is 4.79 Å². The SMILES string of the molecule is Cc1ccccc1C1CCc2cccc(C=O)c2N1. The minimum absolute atomic E-state index is 0.301. The normalized spacial score (nSPS) is 17.4. The first-order chi connectivity index (χ1) is 9.29. The summed E-state index contributed by atoms with van der Waals surface area (Å²) in [5.41, 5.74) is 5.64. The van der Waals surface area contributed by atoms with E-state index in [1.54, 1.807) is 0 Å². The van der Waals surface area contributed by atoms with Crippen molar-refractivity contribution in [1.29, 1.82) is 0 Å². The Kier molecular flexibility index (Phi) is 3.08. The largest absolute Gasteiger partial charge is 0.377 e. The molecule has 2 aromatic rings. The molecule has 0 fully saturated rings. The summed E-state index contributed by atoms with van der Waals surface area (Å²) >= 11 is 0. The molecule has 3 rings (SSSR count). The van der Waals surface area contributed by atoms with Crippen LogP contribution in [0.1, 0.15) is 39.5 Å². The van der Waals surface area contributed by atoms with Gasteiger partial charge in [-0.15, -0.1) is 0 Å². The van der Waals surface area contributed by atoms with Gasteiger partial charge in [-0.25, -0.2) is 0 Å². The van der Waals surface area contributed by atoms with Crippen LogP contribution in [0, 0.1) is 6.92 Å². The van der Waals surface area contributed by atoms with Crippen molar-refractivity contribution < 1.29 is 4.79 Å². The topological polar surface area (TPSA) is 29.1 Å². The van der Waals surface area contributed by atoms with Crippen LogP contribution in [0.5, 0.6) is 0 Å². The van der Waals surface area contributed by atoms with Crippen molar-refractivity contribution in [2.45, 2.75) is 25.8 Å². The van der Waals surface area contributed by atoms with Gasteiger partial charge in [-0.05, 0) is 42.5 Å². The number of carbonyl (C=O) groups is 1. The minimum atomic E-state index is 0.301. The van der Waals surface area contributed by atoms with Crippen molar-refractivity contribution in [1.82, 2.24) is 0 Å². The Labute approximate surface area is 113 Å². The lowest BCUT2D eigenvalue weighted by molar-refractivity contribution is 0.112. The molecule has 1 heterocycles. The van der Waals surface area contributed by atoms with E-state index in [0.29, 0.717) is 6.04 Å². The second kappa shape index (κ2) is 4.88. The molecule has 0 saturated heterocycles. The molecule has 0 amide bonds. The average molecular weight is 251 g/mol. The molecule has 0 radical (unpaired) electrons. The zero-order chi connectivity index (χ0) is 13.2. The van der Waals surface area contributed by atoms with Gasteiger partial charge in [-0.2, -0.15) is 0 Å². The predicted octanol–water partition coefficient (Wildman–Crippen LogP) is 3.91. The summed E-state index contributed by atoms with van der Waals surface area (Å²) in [4.78, 5) is 11.1. The number of aryl methyl sites for hydroxylation is 2. The highest BCUT2D eigenvalue weighted by Gasteiger charge is 2.21. The second-order valence-electron chi connectivity index (χ2n) is 5.09. The van der Waals surface area contributed by atoms with Crippen molar-refractivity contribution in [3.8, 4) is 0 Å². The zero-order valence-electron chi connectivity index (χ0n) is 11.0. The third-order valence-corrected chi connectivity index (χ3v) is 3.89. The van der Waals surface area contributed by atoms with Crippen LogP contribution in [0.25, 0.3) is 0 Å². The van der Waals surface area contributed by atoms with Crippen LogP contribution in [-0.2, 0) is 6.42 Å². The number of rotatable bonds is 2. The average Bonchev–Trinajstić information content (AvgIpc) is 2.46. The fraction of sp³-hybridized carbons (Fsp3) is 0.235. The number of aldehydes is 1. The van der Waals surface area contributed by atoms with E-state index in [2.05, 4.69) is 42.6 Å². The molecule has 0 bridgehead atoms. The van der Waals surface area contributed by atoms with Gasteiger partial charge in [-0.1, -0.05) is 36.4 Å². The smallest absolute Gasteiger partial charge is 0.152 e. The van der Waals surface area contributed by atoms with Crippen molar-refractivity contribution in [2.24, 2.45) is 0 Å². The number of nitrogens with one attached hydrogen (secondary N) is 1. The van der Waals surface area contributed by atoms with Crippen LogP contribution in [0.15, 0.2) is 42.5 Å². The maximum absolute atomic E-state index is 11.1. The van der Waals surface area contributed by atoms with E-state index < -0.39 is 0 Å². The summed E-state index contributed by atoms with van der Waals surface area (Å²) in [5.74, 6) is 0. The van der Waals surface area contributed by atoms with E-state index in [1.807, 2.05) is 12.1 Å². The first-order valence-electron chi connectivity index (χ1n) is 6.68. The van der Waals surface area contributed by atoms with Gasteiger partial charge < -0.3 is 5.32 Å². The summed E-state index contributed by atoms with van der Waals surface area (Å²) in [6.45, 7) is 2.14. The lowest BCUT2D eigenvalue weighted by Crippen LogP contribution is -2.20. The van der Waals surface area contributed by atoms with Gasteiger partial charge in [0.25, 0.3) is 0 Å². The van der Waals surface area contributed by atoms with Crippen LogP contribution in [0.3, 0.4) is 0 Å². The molecule has 1 unspecified atom stereocenters. The van der Waals surface area contributed by atoms with Crippen LogP contribution in [0.4, 0.5) is 5.69 Å². The number of anilines is 1. The number of fused-ring (bicyclic) bond motifs is 1. The number of para-hydroxylation sites is 1. The summed E-state index contributed by atoms with van der Waals surface area (Å²) in [6.07, 6.45) is 3.02. The first kappa shape index (κ1) is 12.0. The van der Waals surface area contributed by atoms with E-state index in [4.69, 9.17) is 0 Å². The summed E-state index contributed by atoms with van der Waals surface area (Å²) in [7, 11) is 0. The van der Waals surface area contributed by atoms with Gasteiger partial charge >= 0.3 is 0 Å². The maximum Gasteiger partial charge on any atom is 0.152 e. The van der Waals surface area contributed by atoms with E-state index in [9.17, 15) is 4.79 Å². The molecule has 0 aromatic heterocycles. The standard InChI is InChI=1S/C17H17NO/c1-12-5-2-3-8-15(12)16-10-9-13-6-4-7-14(11-19)17(13)18-16/h2-8,11,16,18H,9-10H2,1H3. The third-order valence-electron chi connectivity index (χ3n) is 3.89. The Bertz CT molecular complexity index is 618. The highest BCUT2D eigenvalue weighted by Crippen LogP contribution is 2.35. The number of carbonyl (C=O) groups excluding carboxylic acids is 1. The Morgan fingerprint density at radius 1 is 1.16 bits per heavy atom. The van der Waals surface area contributed by atoms with Crippen LogP contribution in [0.2, 0.25) is 0 Å². The molecular weight excluding hydrogens is 234 g/mol. The molecule has 1 atom stereocenters. The number of benzene rings is 2. The molecule has 0 aliphatic carbocycles. The Morgan fingerprint density at radius 2 is 2.00 bits per heavy atom. The Morgan fingerprint density at radius 3 is 2.79 bits per heavy atom. The summed E-state index contributed by atoms with van der Waals surface area (Å²) in [5, 5.41) is 3.54. The zero-order valence-corrected chi connectivity index (χ0v) is 11.0. The quantitative estimate of drug-likeness (QED) is 0.820. The lowest BCUT2D eigenvalue weighted by Gasteiger charge is -2.29. The van der Waals surface area contributed by atoms with Gasteiger partial charge in [0.05, 0.1) is 6.04 Å². The van der Waals surface area contributed by atoms with Crippen molar-refractivity contribution in [3.05, 3.63) is 64.7 Å². The maximum atomic E-state index is 11.1. The van der Waals surface area contributed by atoms with Gasteiger partial charge in [0.2, 0.25) is 0 Å². The molecule has 1 N–H and O–H groups in total. The molecule has 19 heavy (non-hydrogen) atoms. The summed E-state index contributed by atoms with van der Waals surface area (Å²) in [6, 6.07) is 14.7. The van der Waals surface area contributed by atoms with Gasteiger partial charge in [0, 0.05) is 11.3 Å².